The van der Waals surface area contributed by atoms with Gasteiger partial charge in [-0.15, -0.1) is 0 Å². The summed E-state index contributed by atoms with van der Waals surface area (Å²) in [7, 11) is 0. The van der Waals surface area contributed by atoms with Crippen molar-refractivity contribution in [1.29, 1.82) is 0 Å². The number of benzene rings is 4. The predicted octanol–water partition coefficient (Wildman–Crippen LogP) is -1.69. The molecule has 0 radical (unpaired) electrons. The first-order valence-corrected chi connectivity index (χ1v) is 23.7. The van der Waals surface area contributed by atoms with Crippen molar-refractivity contribution in [1.82, 2.24) is 0 Å². The van der Waals surface area contributed by atoms with Crippen molar-refractivity contribution >= 4 is 30.2 Å². The number of phenolic OH excluding ortho intramolecular Hbond substituents is 7. The van der Waals surface area contributed by atoms with Gasteiger partial charge in [0, 0.05) is 24.3 Å². The van der Waals surface area contributed by atoms with E-state index in [-0.39, 0.29) is 39.5 Å². The molecule has 0 amide bonds. The quantitative estimate of drug-likeness (QED) is 0.0258. The minimum absolute atomic E-state index is 0.0660. The van der Waals surface area contributed by atoms with Crippen LogP contribution in [-0.4, -0.2) is 210 Å². The highest BCUT2D eigenvalue weighted by Gasteiger charge is 2.53. The van der Waals surface area contributed by atoms with Gasteiger partial charge in [0.25, 0.3) is 11.9 Å². The van der Waals surface area contributed by atoms with Crippen LogP contribution in [0.3, 0.4) is 0 Å². The van der Waals surface area contributed by atoms with E-state index in [4.69, 9.17) is 37.9 Å². The summed E-state index contributed by atoms with van der Waals surface area (Å²) in [6, 6.07) is 13.0. The van der Waals surface area contributed by atoms with Crippen LogP contribution in [0, 0.1) is 0 Å². The van der Waals surface area contributed by atoms with E-state index in [1.165, 1.54) is 42.5 Å². The Morgan fingerprint density at radius 2 is 1.03 bits per heavy atom. The second-order valence-corrected chi connectivity index (χ2v) is 18.2. The van der Waals surface area contributed by atoms with Gasteiger partial charge in [0.15, 0.2) is 52.7 Å². The Morgan fingerprint density at radius 1 is 0.526 bits per heavy atom. The second-order valence-electron chi connectivity index (χ2n) is 18.2. The van der Waals surface area contributed by atoms with Gasteiger partial charge in [0.05, 0.1) is 18.2 Å². The lowest BCUT2D eigenvalue weighted by Crippen LogP contribution is -2.64. The molecule has 420 valence electrons. The third kappa shape index (κ3) is 12.6. The summed E-state index contributed by atoms with van der Waals surface area (Å²) < 4.78 is 51.0. The standard InChI is InChI=1S/C51H54O27/c52-17-34-39(62)42(65)45(68)49(75-34)73-32-15-23(53)14-31-24(32)16-33(47(72-31)22-5-8-27(56)30(59)13-22)74-51-48(44(67)41(64)36(77-51)19-71-38(61)10-4-21-2-7-26(55)29(58)12-21)78-50-46(69)43(66)40(63)35(76-50)18-70-37(60)9-3-20-1-6-25(54)28(57)11-20/h1-16,34-36,39-59,62-69H,17-19H2/p+1/b9-3+,10-4+/t34-,35-,36-,39-,40-,41-,42+,43+,44+,45-,46-,47?,48-,49-,50+,51+/m1/s1. The minimum atomic E-state index is -2.17. The highest BCUT2D eigenvalue weighted by molar-refractivity contribution is 5.87. The van der Waals surface area contributed by atoms with Crippen LogP contribution in [0.25, 0.3) is 18.2 Å². The van der Waals surface area contributed by atoms with E-state index in [0.717, 1.165) is 54.6 Å². The zero-order valence-corrected chi connectivity index (χ0v) is 40.3. The third-order valence-corrected chi connectivity index (χ3v) is 12.8. The number of hydrogen-bond donors (Lipinski definition) is 16. The van der Waals surface area contributed by atoms with E-state index in [2.05, 4.69) is 4.74 Å². The second kappa shape index (κ2) is 24.0. The molecule has 3 saturated heterocycles. The van der Waals surface area contributed by atoms with Crippen molar-refractivity contribution in [3.63, 3.8) is 0 Å². The predicted molar refractivity (Wildman–Crippen MR) is 257 cm³/mol. The molecule has 4 aliphatic rings. The van der Waals surface area contributed by atoms with Gasteiger partial charge >= 0.3 is 11.9 Å². The highest BCUT2D eigenvalue weighted by atomic mass is 16.8. The average Bonchev–Trinajstić information content (AvgIpc) is 3.48. The van der Waals surface area contributed by atoms with Crippen LogP contribution < -0.4 is 4.74 Å². The van der Waals surface area contributed by atoms with Crippen molar-refractivity contribution in [3.05, 3.63) is 107 Å². The van der Waals surface area contributed by atoms with Gasteiger partial charge in [-0.2, -0.15) is 0 Å². The van der Waals surface area contributed by atoms with E-state index < -0.39 is 170 Å². The maximum atomic E-state index is 13.0. The summed E-state index contributed by atoms with van der Waals surface area (Å²) in [4.78, 5) is 25.7. The molecule has 0 aromatic heterocycles. The van der Waals surface area contributed by atoms with Crippen LogP contribution in [0.1, 0.15) is 28.4 Å². The molecule has 4 heterocycles. The largest absolute Gasteiger partial charge is 0.571 e. The molecule has 1 unspecified atom stereocenters. The van der Waals surface area contributed by atoms with Crippen molar-refractivity contribution in [2.45, 2.75) is 98.2 Å². The SMILES string of the molecule is O=C(/C=C/c1ccc(O)c(O)c1)OC[C@H]1O[C@@H](O[C@H]2[C@@H](OC3=Cc4c(O[C@@H]5O[C@H](CO)[C@@H](O)[C@H](O)[C@H]5O)cc(O)cc4[OH+]C3c3ccc(O)c(O)c3)O[C@H](COC(=O)/C=C/c3ccc(O)c(O)c3)[C@@H](O)[C@@H]2O)[C@H](O)[C@@H](O)[C@@H]1O. The van der Waals surface area contributed by atoms with E-state index in [9.17, 15) is 91.3 Å². The Morgan fingerprint density at radius 3 is 1.58 bits per heavy atom. The summed E-state index contributed by atoms with van der Waals surface area (Å²) in [5.41, 5.74) is 0.543. The summed E-state index contributed by atoms with van der Waals surface area (Å²) >= 11 is 0. The molecular weight excluding hydrogens is 1040 g/mol. The topological polar surface area (TPSA) is 444 Å². The van der Waals surface area contributed by atoms with Crippen LogP contribution in [0.2, 0.25) is 0 Å². The molecule has 17 N–H and O–H groups in total. The number of ether oxygens (including phenoxy) is 9. The molecule has 27 nitrogen and oxygen atoms in total. The number of carbonyl (C=O) groups excluding carboxylic acids is 2. The number of aliphatic hydroxyl groups is 10. The van der Waals surface area contributed by atoms with Crippen LogP contribution in [-0.2, 0) is 42.7 Å². The van der Waals surface area contributed by atoms with Gasteiger partial charge in [-0.05, 0) is 65.7 Å². The number of carbonyl (C=O) groups is 2. The normalized spacial score (nSPS) is 31.0. The number of aromatic hydroxyl groups is 8. The number of aliphatic hydroxyl groups excluding tert-OH is 9. The third-order valence-electron chi connectivity index (χ3n) is 12.8. The van der Waals surface area contributed by atoms with Crippen LogP contribution in [0.5, 0.6) is 51.7 Å². The lowest BCUT2D eigenvalue weighted by molar-refractivity contribution is -0.364. The average molecular weight is 1100 g/mol. The fraction of sp³-hybridized carbons (Fsp3) is 0.373. The van der Waals surface area contributed by atoms with Crippen LogP contribution >= 0.6 is 0 Å². The van der Waals surface area contributed by atoms with Crippen LogP contribution in [0.4, 0.5) is 0 Å². The maximum Gasteiger partial charge on any atom is 0.330 e. The number of fused-ring (bicyclic) bond motifs is 1. The van der Waals surface area contributed by atoms with Gasteiger partial charge in [0.2, 0.25) is 12.6 Å². The van der Waals surface area contributed by atoms with Gasteiger partial charge in [-0.3, -0.25) is 0 Å². The van der Waals surface area contributed by atoms with Gasteiger partial charge < -0.3 is 124 Å². The zero-order chi connectivity index (χ0) is 56.3. The fourth-order valence-electron chi connectivity index (χ4n) is 8.49. The van der Waals surface area contributed by atoms with E-state index >= 15 is 0 Å². The molecular formula is C51H55O27+. The first-order chi connectivity index (χ1) is 37.1. The molecule has 4 aromatic carbocycles. The van der Waals surface area contributed by atoms with Crippen molar-refractivity contribution < 1.29 is 134 Å². The van der Waals surface area contributed by atoms with E-state index in [1.54, 1.807) is 0 Å². The molecule has 0 spiro atoms. The highest BCUT2D eigenvalue weighted by Crippen LogP contribution is 2.48. The number of phenols is 7. The summed E-state index contributed by atoms with van der Waals surface area (Å²) in [5, 5.41) is 169. The molecule has 27 heteroatoms. The molecule has 4 aliphatic heterocycles. The van der Waals surface area contributed by atoms with E-state index in [1.807, 2.05) is 0 Å². The molecule has 0 bridgehead atoms. The molecule has 4 aromatic rings. The maximum absolute atomic E-state index is 13.0. The van der Waals surface area contributed by atoms with E-state index in [0.29, 0.717) is 0 Å². The summed E-state index contributed by atoms with van der Waals surface area (Å²) in [5.74, 6) is -6.25. The Kier molecular flexibility index (Phi) is 17.5. The van der Waals surface area contributed by atoms with Crippen molar-refractivity contribution in [2.75, 3.05) is 19.8 Å². The number of rotatable bonds is 16. The van der Waals surface area contributed by atoms with Crippen molar-refractivity contribution in [3.8, 4) is 51.7 Å². The van der Waals surface area contributed by atoms with Gasteiger partial charge in [0.1, 0.15) is 97.4 Å². The molecule has 0 saturated carbocycles. The minimum Gasteiger partial charge on any atom is -0.571 e. The molecule has 16 atom stereocenters. The Labute approximate surface area is 439 Å². The van der Waals surface area contributed by atoms with Crippen molar-refractivity contribution in [2.24, 2.45) is 0 Å². The first-order valence-electron chi connectivity index (χ1n) is 23.7. The smallest absolute Gasteiger partial charge is 0.330 e. The molecule has 8 rings (SSSR count). The Hall–Kier alpha value is -7.48. The van der Waals surface area contributed by atoms with Gasteiger partial charge in [-0.1, -0.05) is 12.1 Å². The Balaban J connectivity index is 1.11. The molecule has 0 aliphatic carbocycles. The Bertz CT molecular complexity index is 2890. The number of esters is 2. The summed E-state index contributed by atoms with van der Waals surface area (Å²) in [6.45, 7) is -2.44. The fourth-order valence-corrected chi connectivity index (χ4v) is 8.49. The van der Waals surface area contributed by atoms with Crippen LogP contribution in [0.15, 0.2) is 84.6 Å². The lowest BCUT2D eigenvalue weighted by atomic mass is 9.97. The lowest BCUT2D eigenvalue weighted by Gasteiger charge is -2.46. The first kappa shape index (κ1) is 56.7. The molecule has 78 heavy (non-hydrogen) atoms. The monoisotopic (exact) mass is 1100 g/mol. The molecule has 3 fully saturated rings. The summed E-state index contributed by atoms with van der Waals surface area (Å²) in [6.07, 6.45) is -24.7. The zero-order valence-electron chi connectivity index (χ0n) is 40.3. The van der Waals surface area contributed by atoms with Gasteiger partial charge in [-0.25, -0.2) is 9.59 Å². The number of hydrogen-bond acceptors (Lipinski definition) is 26.